The minimum Gasteiger partial charge on any atom is -0.475 e. The molecule has 17 heavy (non-hydrogen) atoms. The Balaban J connectivity index is 2.20. The third kappa shape index (κ3) is 2.19. The van der Waals surface area contributed by atoms with Crippen molar-refractivity contribution in [1.82, 2.24) is 15.3 Å². The molecule has 1 saturated heterocycles. The Morgan fingerprint density at radius 1 is 1.35 bits per heavy atom. The molecular weight excluding hydrogens is 228 g/mol. The molecule has 2 heterocycles. The van der Waals surface area contributed by atoms with Crippen LogP contribution in [0.1, 0.15) is 17.0 Å². The second-order valence-electron chi connectivity index (χ2n) is 3.32. The SMILES string of the molecule is O=C1CCN(c2cnc(C(=O)O)nc2)C(=O)N1. The van der Waals surface area contributed by atoms with Gasteiger partial charge >= 0.3 is 12.0 Å². The average Bonchev–Trinajstić information content (AvgIpc) is 2.29. The predicted octanol–water partition coefficient (Wildman–Crippen LogP) is -0.379. The Labute approximate surface area is 95.3 Å². The minimum atomic E-state index is -1.24. The first-order chi connectivity index (χ1) is 8.08. The van der Waals surface area contributed by atoms with Crippen LogP contribution in [-0.2, 0) is 4.79 Å². The van der Waals surface area contributed by atoms with Gasteiger partial charge in [-0.2, -0.15) is 0 Å². The van der Waals surface area contributed by atoms with E-state index in [2.05, 4.69) is 15.3 Å². The van der Waals surface area contributed by atoms with Gasteiger partial charge in [0.25, 0.3) is 0 Å². The maximum Gasteiger partial charge on any atom is 0.373 e. The van der Waals surface area contributed by atoms with Crippen molar-refractivity contribution >= 4 is 23.6 Å². The summed E-state index contributed by atoms with van der Waals surface area (Å²) in [6.07, 6.45) is 2.64. The molecular formula is C9H8N4O4. The maximum atomic E-state index is 11.4. The molecule has 1 fully saturated rings. The lowest BCUT2D eigenvalue weighted by atomic mass is 10.3. The summed E-state index contributed by atoms with van der Waals surface area (Å²) >= 11 is 0. The number of urea groups is 1. The van der Waals surface area contributed by atoms with Crippen molar-refractivity contribution in [3.05, 3.63) is 18.2 Å². The fourth-order valence-electron chi connectivity index (χ4n) is 1.38. The number of carbonyl (C=O) groups excluding carboxylic acids is 2. The van der Waals surface area contributed by atoms with E-state index < -0.39 is 12.0 Å². The third-order valence-corrected chi connectivity index (χ3v) is 2.20. The van der Waals surface area contributed by atoms with Gasteiger partial charge in [-0.3, -0.25) is 15.0 Å². The Bertz CT molecular complexity index is 484. The van der Waals surface area contributed by atoms with Crippen molar-refractivity contribution in [3.63, 3.8) is 0 Å². The normalized spacial score (nSPS) is 15.6. The van der Waals surface area contributed by atoms with Gasteiger partial charge in [-0.15, -0.1) is 0 Å². The highest BCUT2D eigenvalue weighted by molar-refractivity contribution is 6.05. The first-order valence-electron chi connectivity index (χ1n) is 4.74. The fraction of sp³-hybridized carbons (Fsp3) is 0.222. The zero-order valence-electron chi connectivity index (χ0n) is 8.58. The summed E-state index contributed by atoms with van der Waals surface area (Å²) in [5.41, 5.74) is 0.347. The summed E-state index contributed by atoms with van der Waals surface area (Å²) in [6.45, 7) is 0.223. The van der Waals surface area contributed by atoms with Crippen LogP contribution in [0.5, 0.6) is 0 Å². The van der Waals surface area contributed by atoms with Gasteiger partial charge in [-0.1, -0.05) is 0 Å². The molecule has 0 unspecified atom stereocenters. The molecule has 0 atom stereocenters. The lowest BCUT2D eigenvalue weighted by Crippen LogP contribution is -2.49. The van der Waals surface area contributed by atoms with E-state index in [1.807, 2.05) is 0 Å². The molecule has 2 rings (SSSR count). The number of nitrogens with one attached hydrogen (secondary N) is 1. The van der Waals surface area contributed by atoms with Crippen LogP contribution >= 0.6 is 0 Å². The van der Waals surface area contributed by atoms with Crippen molar-refractivity contribution in [1.29, 1.82) is 0 Å². The number of nitrogens with zero attached hydrogens (tertiary/aromatic N) is 3. The van der Waals surface area contributed by atoms with Crippen molar-refractivity contribution in [3.8, 4) is 0 Å². The van der Waals surface area contributed by atoms with E-state index in [0.717, 1.165) is 0 Å². The number of aromatic nitrogens is 2. The lowest BCUT2D eigenvalue weighted by molar-refractivity contribution is -0.120. The quantitative estimate of drug-likeness (QED) is 0.723. The van der Waals surface area contributed by atoms with Gasteiger partial charge in [0.1, 0.15) is 0 Å². The molecule has 0 radical (unpaired) electrons. The number of rotatable bonds is 2. The second-order valence-corrected chi connectivity index (χ2v) is 3.32. The van der Waals surface area contributed by atoms with Crippen molar-refractivity contribution in [2.45, 2.75) is 6.42 Å². The van der Waals surface area contributed by atoms with E-state index in [0.29, 0.717) is 5.69 Å². The van der Waals surface area contributed by atoms with Gasteiger partial charge in [-0.25, -0.2) is 19.6 Å². The minimum absolute atomic E-state index is 0.187. The van der Waals surface area contributed by atoms with Crippen LogP contribution in [0.15, 0.2) is 12.4 Å². The zero-order chi connectivity index (χ0) is 12.4. The van der Waals surface area contributed by atoms with Gasteiger partial charge in [0, 0.05) is 13.0 Å². The number of aromatic carboxylic acids is 1. The van der Waals surface area contributed by atoms with E-state index in [9.17, 15) is 14.4 Å². The third-order valence-electron chi connectivity index (χ3n) is 2.20. The van der Waals surface area contributed by atoms with Crippen LogP contribution in [0.25, 0.3) is 0 Å². The fourth-order valence-corrected chi connectivity index (χ4v) is 1.38. The van der Waals surface area contributed by atoms with Crippen LogP contribution in [0.4, 0.5) is 10.5 Å². The number of imide groups is 1. The molecule has 8 heteroatoms. The monoisotopic (exact) mass is 236 g/mol. The largest absolute Gasteiger partial charge is 0.475 e. The molecule has 8 nitrogen and oxygen atoms in total. The Hall–Kier alpha value is -2.51. The second kappa shape index (κ2) is 4.16. The number of carbonyl (C=O) groups is 3. The first kappa shape index (κ1) is 11.0. The van der Waals surface area contributed by atoms with E-state index in [1.165, 1.54) is 17.3 Å². The van der Waals surface area contributed by atoms with Crippen molar-refractivity contribution in [2.75, 3.05) is 11.4 Å². The average molecular weight is 236 g/mol. The zero-order valence-corrected chi connectivity index (χ0v) is 8.58. The number of carboxylic acid groups (broad SMARTS) is 1. The molecule has 0 saturated carbocycles. The van der Waals surface area contributed by atoms with Crippen LogP contribution in [0, 0.1) is 0 Å². The van der Waals surface area contributed by atoms with E-state index in [-0.39, 0.29) is 24.7 Å². The highest BCUT2D eigenvalue weighted by Crippen LogP contribution is 2.14. The molecule has 1 aromatic rings. The van der Waals surface area contributed by atoms with E-state index in [1.54, 1.807) is 0 Å². The molecule has 88 valence electrons. The summed E-state index contributed by atoms with van der Waals surface area (Å²) < 4.78 is 0. The standard InChI is InChI=1S/C9H8N4O4/c14-6-1-2-13(9(17)12-6)5-3-10-7(8(15)16)11-4-5/h3-4H,1-2H2,(H,15,16)(H,12,14,17). The van der Waals surface area contributed by atoms with E-state index >= 15 is 0 Å². The molecule has 0 aromatic carbocycles. The topological polar surface area (TPSA) is 112 Å². The Kier molecular flexibility index (Phi) is 2.69. The van der Waals surface area contributed by atoms with Crippen LogP contribution in [-0.4, -0.2) is 39.5 Å². The molecule has 1 aromatic heterocycles. The van der Waals surface area contributed by atoms with Gasteiger partial charge in [0.05, 0.1) is 18.1 Å². The lowest BCUT2D eigenvalue weighted by Gasteiger charge is -2.25. The number of anilines is 1. The number of carboxylic acids is 1. The van der Waals surface area contributed by atoms with E-state index in [4.69, 9.17) is 5.11 Å². The van der Waals surface area contributed by atoms with Crippen molar-refractivity contribution in [2.24, 2.45) is 0 Å². The van der Waals surface area contributed by atoms with Gasteiger partial charge < -0.3 is 5.11 Å². The number of hydrogen-bond donors (Lipinski definition) is 2. The van der Waals surface area contributed by atoms with Gasteiger partial charge in [0.15, 0.2) is 0 Å². The molecule has 0 aliphatic carbocycles. The summed E-state index contributed by atoms with van der Waals surface area (Å²) in [6, 6.07) is -0.562. The van der Waals surface area contributed by atoms with Crippen molar-refractivity contribution < 1.29 is 19.5 Å². The molecule has 1 aliphatic rings. The van der Waals surface area contributed by atoms with Crippen LogP contribution in [0.2, 0.25) is 0 Å². The number of amides is 3. The first-order valence-corrected chi connectivity index (χ1v) is 4.74. The van der Waals surface area contributed by atoms with Gasteiger partial charge in [0.2, 0.25) is 11.7 Å². The summed E-state index contributed by atoms with van der Waals surface area (Å²) in [5, 5.41) is 10.8. The summed E-state index contributed by atoms with van der Waals surface area (Å²) in [5.74, 6) is -1.92. The van der Waals surface area contributed by atoms with Gasteiger partial charge in [-0.05, 0) is 0 Å². The maximum absolute atomic E-state index is 11.4. The highest BCUT2D eigenvalue weighted by atomic mass is 16.4. The summed E-state index contributed by atoms with van der Waals surface area (Å²) in [4.78, 5) is 41.4. The molecule has 0 spiro atoms. The van der Waals surface area contributed by atoms with Crippen LogP contribution in [0.3, 0.4) is 0 Å². The summed E-state index contributed by atoms with van der Waals surface area (Å²) in [7, 11) is 0. The Morgan fingerprint density at radius 2 is 2.00 bits per heavy atom. The molecule has 1 aliphatic heterocycles. The molecule has 0 bridgehead atoms. The predicted molar refractivity (Wildman–Crippen MR) is 54.5 cm³/mol. The number of hydrogen-bond acceptors (Lipinski definition) is 5. The Morgan fingerprint density at radius 3 is 2.53 bits per heavy atom. The van der Waals surface area contributed by atoms with Crippen LogP contribution < -0.4 is 10.2 Å². The molecule has 2 N–H and O–H groups in total. The molecule has 3 amide bonds. The highest BCUT2D eigenvalue weighted by Gasteiger charge is 2.24. The smallest absolute Gasteiger partial charge is 0.373 e.